The molecule has 1 N–H and O–H groups in total. The van der Waals surface area contributed by atoms with Crippen molar-refractivity contribution in [2.75, 3.05) is 26.0 Å². The van der Waals surface area contributed by atoms with E-state index in [-0.39, 0.29) is 0 Å². The third-order valence-corrected chi connectivity index (χ3v) is 4.66. The second kappa shape index (κ2) is 6.65. The molecule has 110 valence electrons. The summed E-state index contributed by atoms with van der Waals surface area (Å²) in [6.45, 7) is 8.30. The Kier molecular flexibility index (Phi) is 5.12. The zero-order valence-corrected chi connectivity index (χ0v) is 14.4. The van der Waals surface area contributed by atoms with E-state index in [0.717, 1.165) is 34.6 Å². The van der Waals surface area contributed by atoms with Crippen molar-refractivity contribution < 1.29 is 0 Å². The van der Waals surface area contributed by atoms with Gasteiger partial charge in [0.25, 0.3) is 0 Å². The van der Waals surface area contributed by atoms with Crippen molar-refractivity contribution in [2.24, 2.45) is 5.92 Å². The lowest BCUT2D eigenvalue weighted by atomic mass is 10.2. The van der Waals surface area contributed by atoms with Crippen LogP contribution >= 0.6 is 22.7 Å². The van der Waals surface area contributed by atoms with Crippen molar-refractivity contribution in [1.82, 2.24) is 14.9 Å². The molecule has 0 aliphatic heterocycles. The quantitative estimate of drug-likeness (QED) is 0.883. The number of hydrogen-bond donors (Lipinski definition) is 1. The van der Waals surface area contributed by atoms with Gasteiger partial charge in [0.1, 0.15) is 5.01 Å². The van der Waals surface area contributed by atoms with E-state index < -0.39 is 0 Å². The van der Waals surface area contributed by atoms with E-state index in [1.165, 1.54) is 4.88 Å². The Morgan fingerprint density at radius 2 is 2.05 bits per heavy atom. The molecular formula is C14H22N4S2. The first kappa shape index (κ1) is 15.4. The third-order valence-electron chi connectivity index (χ3n) is 2.69. The van der Waals surface area contributed by atoms with Crippen LogP contribution in [0.1, 0.15) is 24.5 Å². The normalized spacial score (nSPS) is 11.6. The Labute approximate surface area is 128 Å². The van der Waals surface area contributed by atoms with Crippen LogP contribution in [0, 0.1) is 12.8 Å². The van der Waals surface area contributed by atoms with Crippen LogP contribution in [0.25, 0.3) is 10.6 Å². The number of hydrogen-bond acceptors (Lipinski definition) is 6. The van der Waals surface area contributed by atoms with Gasteiger partial charge in [-0.05, 0) is 26.9 Å². The monoisotopic (exact) mass is 310 g/mol. The van der Waals surface area contributed by atoms with Gasteiger partial charge in [0, 0.05) is 18.5 Å². The molecule has 0 radical (unpaired) electrons. The van der Waals surface area contributed by atoms with Crippen LogP contribution < -0.4 is 5.32 Å². The molecule has 20 heavy (non-hydrogen) atoms. The highest BCUT2D eigenvalue weighted by Gasteiger charge is 2.13. The summed E-state index contributed by atoms with van der Waals surface area (Å²) in [4.78, 5) is 12.6. The van der Waals surface area contributed by atoms with Crippen LogP contribution in [0.15, 0.2) is 5.38 Å². The Balaban J connectivity index is 2.13. The minimum absolute atomic E-state index is 0.624. The molecule has 0 spiro atoms. The van der Waals surface area contributed by atoms with Gasteiger partial charge in [0.05, 0.1) is 16.3 Å². The molecule has 0 saturated carbocycles. The summed E-state index contributed by atoms with van der Waals surface area (Å²) in [7, 11) is 4.13. The van der Waals surface area contributed by atoms with Crippen molar-refractivity contribution in [3.63, 3.8) is 0 Å². The molecule has 0 bridgehead atoms. The molecule has 0 fully saturated rings. The SMILES string of the molecule is Cc1nc(CN(C)C)sc1-c1csc(NCC(C)C)n1. The molecule has 0 aliphatic rings. The molecule has 0 saturated heterocycles. The van der Waals surface area contributed by atoms with Crippen LogP contribution in [0.5, 0.6) is 0 Å². The van der Waals surface area contributed by atoms with Gasteiger partial charge in [-0.25, -0.2) is 9.97 Å². The van der Waals surface area contributed by atoms with Gasteiger partial charge in [-0.1, -0.05) is 13.8 Å². The average molecular weight is 310 g/mol. The number of thiazole rings is 2. The summed E-state index contributed by atoms with van der Waals surface area (Å²) in [6.07, 6.45) is 0. The zero-order chi connectivity index (χ0) is 14.7. The molecular weight excluding hydrogens is 288 g/mol. The lowest BCUT2D eigenvalue weighted by molar-refractivity contribution is 0.401. The van der Waals surface area contributed by atoms with Gasteiger partial charge in [-0.2, -0.15) is 0 Å². The molecule has 2 aromatic heterocycles. The first-order valence-corrected chi connectivity index (χ1v) is 8.46. The van der Waals surface area contributed by atoms with Gasteiger partial charge in [0.2, 0.25) is 0 Å². The zero-order valence-electron chi connectivity index (χ0n) is 12.7. The summed E-state index contributed by atoms with van der Waals surface area (Å²) >= 11 is 3.41. The molecule has 0 amide bonds. The predicted octanol–water partition coefficient (Wildman–Crippen LogP) is 3.70. The third kappa shape index (κ3) is 4.01. The lowest BCUT2D eigenvalue weighted by Crippen LogP contribution is -2.10. The highest BCUT2D eigenvalue weighted by Crippen LogP contribution is 2.32. The van der Waals surface area contributed by atoms with Crippen LogP contribution in [-0.4, -0.2) is 35.5 Å². The van der Waals surface area contributed by atoms with Gasteiger partial charge in [0.15, 0.2) is 5.13 Å². The topological polar surface area (TPSA) is 41.1 Å². The van der Waals surface area contributed by atoms with E-state index in [0.29, 0.717) is 5.92 Å². The molecule has 6 heteroatoms. The van der Waals surface area contributed by atoms with Gasteiger partial charge >= 0.3 is 0 Å². The Hall–Kier alpha value is -0.980. The van der Waals surface area contributed by atoms with Crippen molar-refractivity contribution >= 4 is 27.8 Å². The van der Waals surface area contributed by atoms with E-state index in [4.69, 9.17) is 0 Å². The van der Waals surface area contributed by atoms with E-state index in [1.807, 2.05) is 0 Å². The van der Waals surface area contributed by atoms with Crippen LogP contribution in [0.4, 0.5) is 5.13 Å². The number of nitrogens with one attached hydrogen (secondary N) is 1. The number of nitrogens with zero attached hydrogens (tertiary/aromatic N) is 3. The smallest absolute Gasteiger partial charge is 0.183 e. The summed E-state index contributed by atoms with van der Waals surface area (Å²) in [5, 5.41) is 7.63. The van der Waals surface area contributed by atoms with E-state index in [2.05, 4.69) is 60.4 Å². The number of anilines is 1. The van der Waals surface area contributed by atoms with Gasteiger partial charge in [-0.3, -0.25) is 0 Å². The minimum Gasteiger partial charge on any atom is -0.361 e. The van der Waals surface area contributed by atoms with Crippen LogP contribution in [-0.2, 0) is 6.54 Å². The predicted molar refractivity (Wildman–Crippen MR) is 88.7 cm³/mol. The first-order valence-electron chi connectivity index (χ1n) is 6.76. The highest BCUT2D eigenvalue weighted by molar-refractivity contribution is 7.16. The summed E-state index contributed by atoms with van der Waals surface area (Å²) in [5.41, 5.74) is 2.12. The fraction of sp³-hybridized carbons (Fsp3) is 0.571. The standard InChI is InChI=1S/C14H22N4S2/c1-9(2)6-15-14-17-11(8-19-14)13-10(3)16-12(20-13)7-18(4)5/h8-9H,6-7H2,1-5H3,(H,15,17). The summed E-state index contributed by atoms with van der Waals surface area (Å²) in [6, 6.07) is 0. The number of aromatic nitrogens is 2. The van der Waals surface area contributed by atoms with E-state index >= 15 is 0 Å². The maximum atomic E-state index is 4.67. The van der Waals surface area contributed by atoms with E-state index in [1.54, 1.807) is 22.7 Å². The maximum absolute atomic E-state index is 4.67. The van der Waals surface area contributed by atoms with Crippen molar-refractivity contribution in [2.45, 2.75) is 27.3 Å². The largest absolute Gasteiger partial charge is 0.361 e. The number of aryl methyl sites for hydroxylation is 1. The molecule has 4 nitrogen and oxygen atoms in total. The summed E-state index contributed by atoms with van der Waals surface area (Å²) < 4.78 is 0. The lowest BCUT2D eigenvalue weighted by Gasteiger charge is -2.04. The molecule has 0 unspecified atom stereocenters. The molecule has 2 aromatic rings. The molecule has 2 rings (SSSR count). The molecule has 0 aromatic carbocycles. The Bertz CT molecular complexity index is 557. The second-order valence-electron chi connectivity index (χ2n) is 5.57. The Morgan fingerprint density at radius 3 is 2.70 bits per heavy atom. The second-order valence-corrected chi connectivity index (χ2v) is 7.51. The number of rotatable bonds is 6. The Morgan fingerprint density at radius 1 is 1.30 bits per heavy atom. The summed E-state index contributed by atoms with van der Waals surface area (Å²) in [5.74, 6) is 0.624. The minimum atomic E-state index is 0.624. The van der Waals surface area contributed by atoms with E-state index in [9.17, 15) is 0 Å². The average Bonchev–Trinajstić information content (AvgIpc) is 2.92. The molecule has 0 aliphatic carbocycles. The fourth-order valence-corrected chi connectivity index (χ4v) is 3.71. The van der Waals surface area contributed by atoms with Crippen molar-refractivity contribution in [1.29, 1.82) is 0 Å². The highest BCUT2D eigenvalue weighted by atomic mass is 32.1. The maximum Gasteiger partial charge on any atom is 0.183 e. The van der Waals surface area contributed by atoms with Crippen molar-refractivity contribution in [3.8, 4) is 10.6 Å². The van der Waals surface area contributed by atoms with Crippen LogP contribution in [0.2, 0.25) is 0 Å². The fourth-order valence-electron chi connectivity index (χ4n) is 1.78. The molecule has 2 heterocycles. The van der Waals surface area contributed by atoms with Gasteiger partial charge in [-0.15, -0.1) is 22.7 Å². The molecule has 0 atom stereocenters. The van der Waals surface area contributed by atoms with Gasteiger partial charge < -0.3 is 10.2 Å². The first-order chi connectivity index (χ1) is 9.45. The van der Waals surface area contributed by atoms with Crippen LogP contribution in [0.3, 0.4) is 0 Å². The van der Waals surface area contributed by atoms with Crippen molar-refractivity contribution in [3.05, 3.63) is 16.1 Å².